The highest BCUT2D eigenvalue weighted by molar-refractivity contribution is 6.04. The van der Waals surface area contributed by atoms with Gasteiger partial charge >= 0.3 is 0 Å². The molecule has 0 saturated heterocycles. The zero-order valence-electron chi connectivity index (χ0n) is 9.36. The van der Waals surface area contributed by atoms with Gasteiger partial charge in [-0.2, -0.15) is 0 Å². The molecule has 2 heteroatoms. The van der Waals surface area contributed by atoms with Crippen molar-refractivity contribution in [3.8, 4) is 0 Å². The molecule has 0 bridgehead atoms. The fraction of sp³-hybridized carbons (Fsp3) is 0.133. The molecule has 0 fully saturated rings. The SMILES string of the molecule is O=C(C=CC1C=CC=CC1O)c1ccccc1. The molecule has 0 aromatic heterocycles. The van der Waals surface area contributed by atoms with Crippen LogP contribution in [0.3, 0.4) is 0 Å². The van der Waals surface area contributed by atoms with Crippen LogP contribution in [0.4, 0.5) is 0 Å². The molecule has 86 valence electrons. The van der Waals surface area contributed by atoms with E-state index in [0.29, 0.717) is 5.56 Å². The first-order valence-corrected chi connectivity index (χ1v) is 5.58. The smallest absolute Gasteiger partial charge is 0.185 e. The van der Waals surface area contributed by atoms with E-state index in [1.165, 1.54) is 6.08 Å². The maximum Gasteiger partial charge on any atom is 0.185 e. The van der Waals surface area contributed by atoms with Crippen molar-refractivity contribution >= 4 is 5.78 Å². The van der Waals surface area contributed by atoms with Crippen molar-refractivity contribution in [1.29, 1.82) is 0 Å². The monoisotopic (exact) mass is 226 g/mol. The highest BCUT2D eigenvalue weighted by Crippen LogP contribution is 2.14. The predicted octanol–water partition coefficient (Wildman–Crippen LogP) is 2.53. The van der Waals surface area contributed by atoms with Crippen LogP contribution >= 0.6 is 0 Å². The van der Waals surface area contributed by atoms with E-state index in [4.69, 9.17) is 0 Å². The maximum absolute atomic E-state index is 11.8. The Labute approximate surface area is 101 Å². The lowest BCUT2D eigenvalue weighted by molar-refractivity contribution is 0.104. The van der Waals surface area contributed by atoms with Gasteiger partial charge in [0.1, 0.15) is 0 Å². The Morgan fingerprint density at radius 1 is 1.12 bits per heavy atom. The third kappa shape index (κ3) is 3.02. The minimum absolute atomic E-state index is 0.0410. The summed E-state index contributed by atoms with van der Waals surface area (Å²) in [6.45, 7) is 0. The molecule has 1 aliphatic rings. The summed E-state index contributed by atoms with van der Waals surface area (Å²) < 4.78 is 0. The molecule has 1 aromatic carbocycles. The normalized spacial score (nSPS) is 23.1. The van der Waals surface area contributed by atoms with Crippen LogP contribution in [0.15, 0.2) is 66.8 Å². The highest BCUT2D eigenvalue weighted by atomic mass is 16.3. The topological polar surface area (TPSA) is 37.3 Å². The molecule has 1 aromatic rings. The molecule has 1 N–H and O–H groups in total. The third-order valence-electron chi connectivity index (χ3n) is 2.68. The maximum atomic E-state index is 11.8. The number of aliphatic hydroxyl groups excluding tert-OH is 1. The molecule has 2 atom stereocenters. The van der Waals surface area contributed by atoms with Crippen LogP contribution < -0.4 is 0 Å². The van der Waals surface area contributed by atoms with Gasteiger partial charge in [-0.25, -0.2) is 0 Å². The number of aliphatic hydroxyl groups is 1. The summed E-state index contributed by atoms with van der Waals surface area (Å²) in [5.74, 6) is -0.159. The summed E-state index contributed by atoms with van der Waals surface area (Å²) in [5, 5.41) is 9.65. The van der Waals surface area contributed by atoms with Crippen molar-refractivity contribution in [2.45, 2.75) is 6.10 Å². The lowest BCUT2D eigenvalue weighted by atomic mass is 9.96. The van der Waals surface area contributed by atoms with Crippen molar-refractivity contribution in [2.24, 2.45) is 5.92 Å². The summed E-state index contributed by atoms with van der Waals surface area (Å²) >= 11 is 0. The molecular formula is C15H14O2. The van der Waals surface area contributed by atoms with Crippen molar-refractivity contribution in [1.82, 2.24) is 0 Å². The number of allylic oxidation sites excluding steroid dienone is 3. The van der Waals surface area contributed by atoms with Gasteiger partial charge in [0.05, 0.1) is 6.10 Å². The first kappa shape index (κ1) is 11.6. The van der Waals surface area contributed by atoms with Crippen LogP contribution in [0.1, 0.15) is 10.4 Å². The van der Waals surface area contributed by atoms with Gasteiger partial charge in [-0.05, 0) is 6.08 Å². The molecule has 0 radical (unpaired) electrons. The Morgan fingerprint density at radius 3 is 2.53 bits per heavy atom. The Balaban J connectivity index is 2.04. The fourth-order valence-corrected chi connectivity index (χ4v) is 1.69. The molecule has 2 nitrogen and oxygen atoms in total. The molecule has 1 aliphatic carbocycles. The summed E-state index contributed by atoms with van der Waals surface area (Å²) in [4.78, 5) is 11.8. The highest BCUT2D eigenvalue weighted by Gasteiger charge is 2.12. The molecule has 0 spiro atoms. The molecule has 2 rings (SSSR count). The first-order valence-electron chi connectivity index (χ1n) is 5.58. The zero-order valence-corrected chi connectivity index (χ0v) is 9.36. The van der Waals surface area contributed by atoms with Gasteiger partial charge < -0.3 is 5.11 Å². The minimum atomic E-state index is -0.542. The first-order chi connectivity index (χ1) is 8.27. The average molecular weight is 226 g/mol. The summed E-state index contributed by atoms with van der Waals surface area (Å²) in [5.41, 5.74) is 0.661. The summed E-state index contributed by atoms with van der Waals surface area (Å²) in [7, 11) is 0. The van der Waals surface area contributed by atoms with Crippen molar-refractivity contribution in [3.05, 3.63) is 72.4 Å². The Hall–Kier alpha value is -1.93. The lowest BCUT2D eigenvalue weighted by Gasteiger charge is -2.14. The van der Waals surface area contributed by atoms with Gasteiger partial charge in [0.25, 0.3) is 0 Å². The van der Waals surface area contributed by atoms with E-state index in [1.807, 2.05) is 30.4 Å². The van der Waals surface area contributed by atoms with Crippen LogP contribution in [-0.4, -0.2) is 17.0 Å². The van der Waals surface area contributed by atoms with Gasteiger partial charge in [0, 0.05) is 11.5 Å². The van der Waals surface area contributed by atoms with Gasteiger partial charge in [-0.3, -0.25) is 4.79 Å². The molecule has 0 saturated carbocycles. The second-order valence-corrected chi connectivity index (χ2v) is 3.93. The predicted molar refractivity (Wildman–Crippen MR) is 67.7 cm³/mol. The number of carbonyl (C=O) groups excluding carboxylic acids is 1. The molecule has 0 heterocycles. The van der Waals surface area contributed by atoms with E-state index in [1.54, 1.807) is 30.4 Å². The van der Waals surface area contributed by atoms with Crippen LogP contribution in [0, 0.1) is 5.92 Å². The molecular weight excluding hydrogens is 212 g/mol. The van der Waals surface area contributed by atoms with Crippen molar-refractivity contribution in [3.63, 3.8) is 0 Å². The number of benzene rings is 1. The van der Waals surface area contributed by atoms with Gasteiger partial charge in [-0.1, -0.05) is 60.7 Å². The van der Waals surface area contributed by atoms with E-state index in [2.05, 4.69) is 0 Å². The molecule has 0 amide bonds. The second-order valence-electron chi connectivity index (χ2n) is 3.93. The van der Waals surface area contributed by atoms with E-state index >= 15 is 0 Å². The average Bonchev–Trinajstić information content (AvgIpc) is 2.38. The fourth-order valence-electron chi connectivity index (χ4n) is 1.69. The number of hydrogen-bond donors (Lipinski definition) is 1. The Morgan fingerprint density at radius 2 is 1.82 bits per heavy atom. The van der Waals surface area contributed by atoms with Crippen molar-refractivity contribution in [2.75, 3.05) is 0 Å². The summed E-state index contributed by atoms with van der Waals surface area (Å²) in [6.07, 6.45) is 9.97. The Bertz CT molecular complexity index is 469. The van der Waals surface area contributed by atoms with Gasteiger partial charge in [0.2, 0.25) is 0 Å². The standard InChI is InChI=1S/C15H14O2/c16-14-9-5-4-8-13(14)10-11-15(17)12-6-2-1-3-7-12/h1-11,13-14,16H. The Kier molecular flexibility index (Phi) is 3.68. The van der Waals surface area contributed by atoms with Crippen LogP contribution in [0.5, 0.6) is 0 Å². The van der Waals surface area contributed by atoms with Crippen LogP contribution in [0.2, 0.25) is 0 Å². The van der Waals surface area contributed by atoms with Crippen molar-refractivity contribution < 1.29 is 9.90 Å². The van der Waals surface area contributed by atoms with Crippen LogP contribution in [-0.2, 0) is 0 Å². The zero-order chi connectivity index (χ0) is 12.1. The minimum Gasteiger partial charge on any atom is -0.388 e. The number of ketones is 1. The van der Waals surface area contributed by atoms with Gasteiger partial charge in [-0.15, -0.1) is 0 Å². The molecule has 17 heavy (non-hydrogen) atoms. The lowest BCUT2D eigenvalue weighted by Crippen LogP contribution is -2.15. The molecule has 0 aliphatic heterocycles. The number of carbonyl (C=O) groups is 1. The number of rotatable bonds is 3. The van der Waals surface area contributed by atoms with E-state index in [-0.39, 0.29) is 11.7 Å². The number of hydrogen-bond acceptors (Lipinski definition) is 2. The van der Waals surface area contributed by atoms with Crippen LogP contribution in [0.25, 0.3) is 0 Å². The second kappa shape index (κ2) is 5.41. The van der Waals surface area contributed by atoms with E-state index in [9.17, 15) is 9.90 Å². The summed E-state index contributed by atoms with van der Waals surface area (Å²) in [6, 6.07) is 9.09. The quantitative estimate of drug-likeness (QED) is 0.635. The van der Waals surface area contributed by atoms with E-state index < -0.39 is 6.10 Å². The van der Waals surface area contributed by atoms with Gasteiger partial charge in [0.15, 0.2) is 5.78 Å². The van der Waals surface area contributed by atoms with E-state index in [0.717, 1.165) is 0 Å². The largest absolute Gasteiger partial charge is 0.388 e. The molecule has 2 unspecified atom stereocenters. The third-order valence-corrected chi connectivity index (χ3v) is 2.68.